The van der Waals surface area contributed by atoms with Gasteiger partial charge >= 0.3 is 5.97 Å². The Hall–Kier alpha value is -3.62. The van der Waals surface area contributed by atoms with Gasteiger partial charge in [0.15, 0.2) is 6.61 Å². The molecule has 10 heteroatoms. The van der Waals surface area contributed by atoms with Crippen molar-refractivity contribution in [1.29, 1.82) is 0 Å². The van der Waals surface area contributed by atoms with Gasteiger partial charge in [0.1, 0.15) is 17.7 Å². The van der Waals surface area contributed by atoms with Crippen molar-refractivity contribution >= 4 is 41.0 Å². The Bertz CT molecular complexity index is 1350. The molecule has 0 saturated carbocycles. The highest BCUT2D eigenvalue weighted by Gasteiger charge is 2.35. The van der Waals surface area contributed by atoms with Gasteiger partial charge in [0.05, 0.1) is 17.5 Å². The minimum Gasteiger partial charge on any atom is -0.482 e. The summed E-state index contributed by atoms with van der Waals surface area (Å²) in [5, 5.41) is 6.17. The van der Waals surface area contributed by atoms with Gasteiger partial charge in [-0.1, -0.05) is 59.6 Å². The van der Waals surface area contributed by atoms with Crippen LogP contribution in [0.25, 0.3) is 11.1 Å². The number of carbonyl (C=O) groups excluding carboxylic acids is 3. The van der Waals surface area contributed by atoms with E-state index in [1.807, 2.05) is 0 Å². The summed E-state index contributed by atoms with van der Waals surface area (Å²) in [4.78, 5) is 35.5. The van der Waals surface area contributed by atoms with Gasteiger partial charge in [-0.15, -0.1) is 0 Å². The highest BCUT2D eigenvalue weighted by molar-refractivity contribution is 6.35. The van der Waals surface area contributed by atoms with E-state index in [4.69, 9.17) is 32.7 Å². The van der Waals surface area contributed by atoms with E-state index in [0.29, 0.717) is 38.9 Å². The number of hydrogen-bond donors (Lipinski definition) is 2. The Morgan fingerprint density at radius 3 is 2.50 bits per heavy atom. The maximum atomic E-state index is 15.0. The van der Waals surface area contributed by atoms with Gasteiger partial charge in [-0.25, -0.2) is 4.39 Å². The number of hydrogen-bond acceptors (Lipinski definition) is 5. The van der Waals surface area contributed by atoms with E-state index in [1.165, 1.54) is 19.1 Å². The van der Waals surface area contributed by atoms with Crippen LogP contribution in [-0.2, 0) is 25.7 Å². The van der Waals surface area contributed by atoms with Crippen LogP contribution in [0.5, 0.6) is 5.75 Å². The molecule has 2 atom stereocenters. The molecule has 1 heterocycles. The number of benzene rings is 3. The number of nitrogens with one attached hydrogen (secondary N) is 2. The molecule has 1 unspecified atom stereocenters. The number of rotatable bonds is 9. The number of ether oxygens (including phenoxy) is 2. The van der Waals surface area contributed by atoms with Crippen LogP contribution in [0.3, 0.4) is 0 Å². The van der Waals surface area contributed by atoms with E-state index in [9.17, 15) is 14.4 Å². The third kappa shape index (κ3) is 7.02. The average Bonchev–Trinajstić information content (AvgIpc) is 3.26. The summed E-state index contributed by atoms with van der Waals surface area (Å²) in [5.74, 6) is -1.64. The lowest BCUT2D eigenvalue weighted by atomic mass is 9.93. The molecule has 38 heavy (non-hydrogen) atoms. The van der Waals surface area contributed by atoms with Crippen LogP contribution in [0.1, 0.15) is 30.4 Å². The molecule has 3 aromatic carbocycles. The Labute approximate surface area is 229 Å². The Balaban J connectivity index is 1.31. The fraction of sp³-hybridized carbons (Fsp3) is 0.250. The Morgan fingerprint density at radius 2 is 1.82 bits per heavy atom. The van der Waals surface area contributed by atoms with Gasteiger partial charge in [0, 0.05) is 30.5 Å². The van der Waals surface area contributed by atoms with Crippen molar-refractivity contribution in [2.75, 3.05) is 13.2 Å². The normalized spacial score (nSPS) is 16.6. The Morgan fingerprint density at radius 1 is 1.05 bits per heavy atom. The van der Waals surface area contributed by atoms with Gasteiger partial charge in [0.25, 0.3) is 5.91 Å². The van der Waals surface area contributed by atoms with Crippen molar-refractivity contribution in [2.45, 2.75) is 31.9 Å². The second-order valence-corrected chi connectivity index (χ2v) is 9.70. The molecule has 0 radical (unpaired) electrons. The third-order valence-corrected chi connectivity index (χ3v) is 6.58. The van der Waals surface area contributed by atoms with E-state index < -0.39 is 23.8 Å². The van der Waals surface area contributed by atoms with Crippen molar-refractivity contribution < 1.29 is 28.2 Å². The first-order valence-corrected chi connectivity index (χ1v) is 12.6. The maximum Gasteiger partial charge on any atom is 0.313 e. The van der Waals surface area contributed by atoms with Crippen LogP contribution in [-0.4, -0.2) is 37.0 Å². The number of halogens is 3. The number of carbonyl (C=O) groups is 3. The topological polar surface area (TPSA) is 93.7 Å². The largest absolute Gasteiger partial charge is 0.482 e. The fourth-order valence-corrected chi connectivity index (χ4v) is 4.54. The molecule has 198 valence electrons. The van der Waals surface area contributed by atoms with Crippen LogP contribution in [0.15, 0.2) is 60.7 Å². The van der Waals surface area contributed by atoms with Crippen LogP contribution in [0, 0.1) is 5.82 Å². The van der Waals surface area contributed by atoms with Gasteiger partial charge in [0.2, 0.25) is 5.91 Å². The lowest BCUT2D eigenvalue weighted by molar-refractivity contribution is -0.142. The highest BCUT2D eigenvalue weighted by Crippen LogP contribution is 2.33. The summed E-state index contributed by atoms with van der Waals surface area (Å²) < 4.78 is 25.7. The van der Waals surface area contributed by atoms with Crippen molar-refractivity contribution in [3.8, 4) is 16.9 Å². The quantitative estimate of drug-likeness (QED) is 0.359. The van der Waals surface area contributed by atoms with Crippen molar-refractivity contribution in [2.24, 2.45) is 0 Å². The number of cyclic esters (lactones) is 1. The first kappa shape index (κ1) is 27.4. The summed E-state index contributed by atoms with van der Waals surface area (Å²) in [6, 6.07) is 16.5. The predicted octanol–water partition coefficient (Wildman–Crippen LogP) is 5.03. The molecule has 1 saturated heterocycles. The summed E-state index contributed by atoms with van der Waals surface area (Å²) >= 11 is 11.9. The molecular weight excluding hydrogens is 534 g/mol. The van der Waals surface area contributed by atoms with Crippen LogP contribution in [0.4, 0.5) is 4.39 Å². The molecule has 2 N–H and O–H groups in total. The SMILES string of the molecule is CC(=O)NC[C@@H]1CC(c2ccc(-c3ccc(CNC(=O)COc4ccc(Cl)cc4Cl)cc3)c(F)c2)C(=O)O1. The van der Waals surface area contributed by atoms with E-state index in [2.05, 4.69) is 10.6 Å². The zero-order valence-corrected chi connectivity index (χ0v) is 21.9. The molecule has 4 rings (SSSR count). The summed E-state index contributed by atoms with van der Waals surface area (Å²) in [6.45, 7) is 1.68. The second-order valence-electron chi connectivity index (χ2n) is 8.86. The molecule has 3 aromatic rings. The standard InChI is InChI=1S/C28H25Cl2FN2O5/c1-16(34)32-14-21-12-23(28(36)38-21)19-6-8-22(25(31)10-19)18-4-2-17(3-5-18)13-33-27(35)15-37-26-9-7-20(29)11-24(26)30/h2-11,21,23H,12-15H2,1H3,(H,32,34)(H,33,35)/t21-,23?/m0/s1. The maximum absolute atomic E-state index is 15.0. The third-order valence-electron chi connectivity index (χ3n) is 6.05. The monoisotopic (exact) mass is 558 g/mol. The van der Waals surface area contributed by atoms with E-state index in [1.54, 1.807) is 48.5 Å². The van der Waals surface area contributed by atoms with E-state index in [0.717, 1.165) is 5.56 Å². The smallest absolute Gasteiger partial charge is 0.313 e. The second kappa shape index (κ2) is 12.3. The fourth-order valence-electron chi connectivity index (χ4n) is 4.08. The first-order valence-electron chi connectivity index (χ1n) is 11.9. The molecule has 0 aliphatic carbocycles. The van der Waals surface area contributed by atoms with Gasteiger partial charge in [-0.05, 0) is 41.0 Å². The van der Waals surface area contributed by atoms with E-state index in [-0.39, 0.29) is 31.5 Å². The lowest BCUT2D eigenvalue weighted by Crippen LogP contribution is -2.30. The molecule has 0 bridgehead atoms. The van der Waals surface area contributed by atoms with Gasteiger partial charge in [-0.3, -0.25) is 14.4 Å². The molecule has 1 aliphatic rings. The first-order chi connectivity index (χ1) is 18.2. The van der Waals surface area contributed by atoms with Crippen LogP contribution >= 0.6 is 23.2 Å². The molecule has 7 nitrogen and oxygen atoms in total. The molecule has 2 amide bonds. The Kier molecular flexibility index (Phi) is 8.86. The predicted molar refractivity (Wildman–Crippen MR) is 142 cm³/mol. The summed E-state index contributed by atoms with van der Waals surface area (Å²) in [6.07, 6.45) is -0.0650. The minimum atomic E-state index is -0.581. The summed E-state index contributed by atoms with van der Waals surface area (Å²) in [7, 11) is 0. The number of esters is 1. The molecule has 0 spiro atoms. The van der Waals surface area contributed by atoms with Crippen molar-refractivity contribution in [3.05, 3.63) is 87.7 Å². The zero-order valence-electron chi connectivity index (χ0n) is 20.4. The van der Waals surface area contributed by atoms with Gasteiger partial charge < -0.3 is 20.1 Å². The highest BCUT2D eigenvalue weighted by atomic mass is 35.5. The summed E-state index contributed by atoms with van der Waals surface area (Å²) in [5.41, 5.74) is 2.40. The average molecular weight is 559 g/mol. The van der Waals surface area contributed by atoms with Crippen molar-refractivity contribution in [1.82, 2.24) is 10.6 Å². The van der Waals surface area contributed by atoms with Crippen LogP contribution in [0.2, 0.25) is 10.0 Å². The van der Waals surface area contributed by atoms with Crippen LogP contribution < -0.4 is 15.4 Å². The van der Waals surface area contributed by atoms with Gasteiger partial charge in [-0.2, -0.15) is 0 Å². The molecular formula is C28H25Cl2FN2O5. The minimum absolute atomic E-state index is 0.207. The molecule has 1 aliphatic heterocycles. The lowest BCUT2D eigenvalue weighted by Gasteiger charge is -2.11. The number of amides is 2. The van der Waals surface area contributed by atoms with E-state index >= 15 is 4.39 Å². The molecule has 1 fully saturated rings. The zero-order chi connectivity index (χ0) is 27.2. The van der Waals surface area contributed by atoms with Crippen molar-refractivity contribution in [3.63, 3.8) is 0 Å². The molecule has 0 aromatic heterocycles.